The Morgan fingerprint density at radius 1 is 1.40 bits per heavy atom. The normalized spacial score (nSPS) is 11.5. The molecule has 0 aliphatic carbocycles. The molecule has 1 rings (SSSR count). The van der Waals surface area contributed by atoms with E-state index in [1.807, 2.05) is 12.3 Å². The second-order valence-corrected chi connectivity index (χ2v) is 5.32. The third kappa shape index (κ3) is 3.71. The van der Waals surface area contributed by atoms with Gasteiger partial charge < -0.3 is 4.90 Å². The summed E-state index contributed by atoms with van der Waals surface area (Å²) in [5.74, 6) is 0.534. The minimum Gasteiger partial charge on any atom is -0.373 e. The Balaban J connectivity index is 2.86. The SMILES string of the molecule is CN(CC(C)(C)C)c1cnccc1CCl. The van der Waals surface area contributed by atoms with Crippen molar-refractivity contribution in [1.29, 1.82) is 0 Å². The van der Waals surface area contributed by atoms with Crippen molar-refractivity contribution < 1.29 is 0 Å². The Labute approximate surface area is 97.3 Å². The third-order valence-corrected chi connectivity index (χ3v) is 2.44. The zero-order valence-corrected chi connectivity index (χ0v) is 10.7. The molecule has 0 fully saturated rings. The summed E-state index contributed by atoms with van der Waals surface area (Å²) in [7, 11) is 2.08. The number of anilines is 1. The van der Waals surface area contributed by atoms with Crippen molar-refractivity contribution >= 4 is 17.3 Å². The molecule has 3 heteroatoms. The van der Waals surface area contributed by atoms with Gasteiger partial charge in [0.2, 0.25) is 0 Å². The predicted molar refractivity (Wildman–Crippen MR) is 66.5 cm³/mol. The van der Waals surface area contributed by atoms with E-state index in [1.165, 1.54) is 0 Å². The zero-order valence-electron chi connectivity index (χ0n) is 9.92. The van der Waals surface area contributed by atoms with Gasteiger partial charge >= 0.3 is 0 Å². The van der Waals surface area contributed by atoms with E-state index in [1.54, 1.807) is 6.20 Å². The topological polar surface area (TPSA) is 16.1 Å². The fraction of sp³-hybridized carbons (Fsp3) is 0.583. The second-order valence-electron chi connectivity index (χ2n) is 5.05. The molecule has 1 aromatic rings. The third-order valence-electron chi connectivity index (χ3n) is 2.15. The quantitative estimate of drug-likeness (QED) is 0.736. The van der Waals surface area contributed by atoms with Gasteiger partial charge in [0, 0.05) is 25.7 Å². The summed E-state index contributed by atoms with van der Waals surface area (Å²) in [6.07, 6.45) is 3.66. The molecule has 0 unspecified atom stereocenters. The monoisotopic (exact) mass is 226 g/mol. The molecule has 0 atom stereocenters. The molecular weight excluding hydrogens is 208 g/mol. The minimum atomic E-state index is 0.272. The van der Waals surface area contributed by atoms with E-state index in [4.69, 9.17) is 11.6 Å². The molecule has 0 amide bonds. The number of halogens is 1. The highest BCUT2D eigenvalue weighted by molar-refractivity contribution is 6.17. The van der Waals surface area contributed by atoms with E-state index in [0.29, 0.717) is 5.88 Å². The highest BCUT2D eigenvalue weighted by atomic mass is 35.5. The number of aromatic nitrogens is 1. The van der Waals surface area contributed by atoms with Crippen LogP contribution in [0.1, 0.15) is 26.3 Å². The molecule has 0 radical (unpaired) electrons. The first-order chi connectivity index (χ1) is 6.94. The van der Waals surface area contributed by atoms with Crippen molar-refractivity contribution in [2.75, 3.05) is 18.5 Å². The van der Waals surface area contributed by atoms with Gasteiger partial charge in [-0.15, -0.1) is 11.6 Å². The van der Waals surface area contributed by atoms with E-state index in [9.17, 15) is 0 Å². The Bertz CT molecular complexity index is 318. The maximum atomic E-state index is 5.89. The summed E-state index contributed by atoms with van der Waals surface area (Å²) in [6, 6.07) is 1.97. The lowest BCUT2D eigenvalue weighted by atomic mass is 9.96. The summed E-state index contributed by atoms with van der Waals surface area (Å²) >= 11 is 5.89. The molecule has 0 aliphatic rings. The molecule has 15 heavy (non-hydrogen) atoms. The summed E-state index contributed by atoms with van der Waals surface area (Å²) < 4.78 is 0. The molecule has 0 aliphatic heterocycles. The maximum absolute atomic E-state index is 5.89. The molecule has 0 saturated heterocycles. The molecule has 0 saturated carbocycles. The highest BCUT2D eigenvalue weighted by Gasteiger charge is 2.15. The van der Waals surface area contributed by atoms with E-state index in [0.717, 1.165) is 17.8 Å². The molecule has 0 aromatic carbocycles. The van der Waals surface area contributed by atoms with Crippen LogP contribution in [-0.2, 0) is 5.88 Å². The zero-order chi connectivity index (χ0) is 11.5. The lowest BCUT2D eigenvalue weighted by Crippen LogP contribution is -2.29. The molecule has 1 aromatic heterocycles. The molecule has 0 N–H and O–H groups in total. The van der Waals surface area contributed by atoms with Crippen LogP contribution in [0.25, 0.3) is 0 Å². The van der Waals surface area contributed by atoms with Crippen LogP contribution in [-0.4, -0.2) is 18.6 Å². The Kier molecular flexibility index (Phi) is 3.97. The van der Waals surface area contributed by atoms with Crippen LogP contribution in [0.2, 0.25) is 0 Å². The number of hydrogen-bond donors (Lipinski definition) is 0. The number of rotatable bonds is 3. The molecule has 0 spiro atoms. The summed E-state index contributed by atoms with van der Waals surface area (Å²) in [5, 5.41) is 0. The van der Waals surface area contributed by atoms with Crippen LogP contribution in [0.4, 0.5) is 5.69 Å². The fourth-order valence-electron chi connectivity index (χ4n) is 1.67. The van der Waals surface area contributed by atoms with Crippen molar-refractivity contribution in [1.82, 2.24) is 4.98 Å². The van der Waals surface area contributed by atoms with Crippen LogP contribution < -0.4 is 4.90 Å². The Morgan fingerprint density at radius 2 is 2.07 bits per heavy atom. The first kappa shape index (κ1) is 12.3. The van der Waals surface area contributed by atoms with Gasteiger partial charge in [-0.05, 0) is 17.0 Å². The largest absolute Gasteiger partial charge is 0.373 e. The van der Waals surface area contributed by atoms with Crippen molar-refractivity contribution in [3.8, 4) is 0 Å². The van der Waals surface area contributed by atoms with Gasteiger partial charge in [0.25, 0.3) is 0 Å². The van der Waals surface area contributed by atoms with Crippen molar-refractivity contribution in [3.05, 3.63) is 24.0 Å². The average Bonchev–Trinajstić information content (AvgIpc) is 2.15. The van der Waals surface area contributed by atoms with E-state index in [2.05, 4.69) is 37.7 Å². The minimum absolute atomic E-state index is 0.272. The molecule has 1 heterocycles. The Morgan fingerprint density at radius 3 is 2.60 bits per heavy atom. The van der Waals surface area contributed by atoms with Gasteiger partial charge in [0.1, 0.15) is 0 Å². The Hall–Kier alpha value is -0.760. The van der Waals surface area contributed by atoms with Crippen molar-refractivity contribution in [3.63, 3.8) is 0 Å². The van der Waals surface area contributed by atoms with Gasteiger partial charge in [0.05, 0.1) is 11.9 Å². The van der Waals surface area contributed by atoms with Gasteiger partial charge in [-0.1, -0.05) is 20.8 Å². The summed E-state index contributed by atoms with van der Waals surface area (Å²) in [6.45, 7) is 7.66. The number of hydrogen-bond acceptors (Lipinski definition) is 2. The lowest BCUT2D eigenvalue weighted by Gasteiger charge is -2.29. The molecule has 0 bridgehead atoms. The lowest BCUT2D eigenvalue weighted by molar-refractivity contribution is 0.418. The second kappa shape index (κ2) is 4.84. The van der Waals surface area contributed by atoms with Crippen LogP contribution in [0.15, 0.2) is 18.5 Å². The average molecular weight is 227 g/mol. The molecule has 2 nitrogen and oxygen atoms in total. The van der Waals surface area contributed by atoms with Gasteiger partial charge in [-0.25, -0.2) is 0 Å². The van der Waals surface area contributed by atoms with Gasteiger partial charge in [0.15, 0.2) is 0 Å². The van der Waals surface area contributed by atoms with Crippen LogP contribution >= 0.6 is 11.6 Å². The standard InChI is InChI=1S/C12H19ClN2/c1-12(2,3)9-15(4)11-8-14-6-5-10(11)7-13/h5-6,8H,7,9H2,1-4H3. The number of alkyl halides is 1. The van der Waals surface area contributed by atoms with Gasteiger partial charge in [-0.3, -0.25) is 4.98 Å². The van der Waals surface area contributed by atoms with E-state index in [-0.39, 0.29) is 5.41 Å². The van der Waals surface area contributed by atoms with E-state index >= 15 is 0 Å². The van der Waals surface area contributed by atoms with Crippen LogP contribution in [0, 0.1) is 5.41 Å². The first-order valence-corrected chi connectivity index (χ1v) is 5.67. The summed E-state index contributed by atoms with van der Waals surface area (Å²) in [5.41, 5.74) is 2.54. The molecular formula is C12H19ClN2. The van der Waals surface area contributed by atoms with Crippen molar-refractivity contribution in [2.45, 2.75) is 26.7 Å². The van der Waals surface area contributed by atoms with Gasteiger partial charge in [-0.2, -0.15) is 0 Å². The maximum Gasteiger partial charge on any atom is 0.0595 e. The highest BCUT2D eigenvalue weighted by Crippen LogP contribution is 2.23. The number of nitrogens with zero attached hydrogens (tertiary/aromatic N) is 2. The fourth-order valence-corrected chi connectivity index (χ4v) is 1.89. The van der Waals surface area contributed by atoms with E-state index < -0.39 is 0 Å². The van der Waals surface area contributed by atoms with Crippen LogP contribution in [0.3, 0.4) is 0 Å². The molecule has 84 valence electrons. The van der Waals surface area contributed by atoms with Crippen LogP contribution in [0.5, 0.6) is 0 Å². The summed E-state index contributed by atoms with van der Waals surface area (Å²) in [4.78, 5) is 6.36. The number of pyridine rings is 1. The first-order valence-electron chi connectivity index (χ1n) is 5.14. The smallest absolute Gasteiger partial charge is 0.0595 e. The predicted octanol–water partition coefficient (Wildman–Crippen LogP) is 3.30. The van der Waals surface area contributed by atoms with Crippen molar-refractivity contribution in [2.24, 2.45) is 5.41 Å².